The Morgan fingerprint density at radius 3 is 2.40 bits per heavy atom. The van der Waals surface area contributed by atoms with Crippen molar-refractivity contribution in [3.8, 4) is 23.0 Å². The van der Waals surface area contributed by atoms with E-state index in [1.165, 1.54) is 25.3 Å². The van der Waals surface area contributed by atoms with Gasteiger partial charge in [-0.05, 0) is 48.9 Å². The van der Waals surface area contributed by atoms with E-state index < -0.39 is 5.82 Å². The number of benzene rings is 2. The molecule has 0 unspecified atom stereocenters. The number of hydrogen-bond acceptors (Lipinski definition) is 4. The summed E-state index contributed by atoms with van der Waals surface area (Å²) in [5, 5.41) is 0. The topological polar surface area (TPSA) is 44.2 Å². The van der Waals surface area contributed by atoms with Gasteiger partial charge in [-0.3, -0.25) is 0 Å². The summed E-state index contributed by atoms with van der Waals surface area (Å²) in [6.07, 6.45) is 0. The third kappa shape index (κ3) is 4.09. The smallest absolute Gasteiger partial charge is 0.217 e. The largest absolute Gasteiger partial charge is 0.494 e. The molecule has 0 spiro atoms. The number of methoxy groups -OCH3 is 1. The summed E-state index contributed by atoms with van der Waals surface area (Å²) in [5.41, 5.74) is 2.05. The van der Waals surface area contributed by atoms with Crippen LogP contribution < -0.4 is 9.47 Å². The molecule has 0 saturated heterocycles. The first-order valence-electron chi connectivity index (χ1n) is 7.62. The lowest BCUT2D eigenvalue weighted by atomic mass is 10.2. The summed E-state index contributed by atoms with van der Waals surface area (Å²) in [6.45, 7) is 1.97. The maximum absolute atomic E-state index is 13.7. The molecule has 0 fully saturated rings. The Hall–Kier alpha value is -3.02. The fraction of sp³-hybridized carbons (Fsp3) is 0.158. The molecule has 25 heavy (non-hydrogen) atoms. The number of halogens is 2. The molecular formula is C19H16F2N2O2. The van der Waals surface area contributed by atoms with Gasteiger partial charge in [0.15, 0.2) is 17.4 Å². The molecule has 0 aliphatic carbocycles. The van der Waals surface area contributed by atoms with Crippen LogP contribution in [-0.4, -0.2) is 17.1 Å². The minimum atomic E-state index is -0.450. The lowest BCUT2D eigenvalue weighted by Gasteiger charge is -2.09. The first kappa shape index (κ1) is 16.8. The monoisotopic (exact) mass is 342 g/mol. The number of ether oxygens (including phenoxy) is 2. The lowest BCUT2D eigenvalue weighted by Crippen LogP contribution is -2.01. The van der Waals surface area contributed by atoms with E-state index in [0.717, 1.165) is 0 Å². The molecule has 3 aromatic rings. The zero-order valence-corrected chi connectivity index (χ0v) is 13.8. The van der Waals surface area contributed by atoms with Gasteiger partial charge >= 0.3 is 0 Å². The van der Waals surface area contributed by atoms with E-state index in [9.17, 15) is 8.78 Å². The molecule has 0 aliphatic heterocycles. The fourth-order valence-electron chi connectivity index (χ4n) is 2.30. The quantitative estimate of drug-likeness (QED) is 0.693. The Labute approximate surface area is 144 Å². The second-order valence-corrected chi connectivity index (χ2v) is 5.44. The predicted octanol–water partition coefficient (Wildman–Crippen LogP) is 4.32. The van der Waals surface area contributed by atoms with Gasteiger partial charge in [0.05, 0.1) is 7.11 Å². The molecule has 0 saturated carbocycles. The number of aryl methyl sites for hydroxylation is 1. The van der Waals surface area contributed by atoms with E-state index in [2.05, 4.69) is 9.97 Å². The SMILES string of the molecule is COc1ccc(COc2cc(C)nc(-c3ccc(F)cc3)n2)cc1F. The van der Waals surface area contributed by atoms with Gasteiger partial charge in [-0.25, -0.2) is 13.8 Å². The van der Waals surface area contributed by atoms with Crippen LogP contribution in [0, 0.1) is 18.6 Å². The Morgan fingerprint density at radius 2 is 1.72 bits per heavy atom. The lowest BCUT2D eigenvalue weighted by molar-refractivity contribution is 0.292. The third-order valence-electron chi connectivity index (χ3n) is 3.54. The van der Waals surface area contributed by atoms with Gasteiger partial charge in [0.2, 0.25) is 5.88 Å². The highest BCUT2D eigenvalue weighted by Crippen LogP contribution is 2.21. The average molecular weight is 342 g/mol. The van der Waals surface area contributed by atoms with Crippen LogP contribution in [0.3, 0.4) is 0 Å². The molecular weight excluding hydrogens is 326 g/mol. The number of rotatable bonds is 5. The summed E-state index contributed by atoms with van der Waals surface area (Å²) in [4.78, 5) is 8.67. The molecule has 1 heterocycles. The van der Waals surface area contributed by atoms with Gasteiger partial charge in [0.1, 0.15) is 12.4 Å². The van der Waals surface area contributed by atoms with Crippen LogP contribution in [0.5, 0.6) is 11.6 Å². The van der Waals surface area contributed by atoms with Gasteiger partial charge in [0, 0.05) is 17.3 Å². The van der Waals surface area contributed by atoms with E-state index in [4.69, 9.17) is 9.47 Å². The van der Waals surface area contributed by atoms with Crippen molar-refractivity contribution in [2.45, 2.75) is 13.5 Å². The number of hydrogen-bond donors (Lipinski definition) is 0. The summed E-state index contributed by atoms with van der Waals surface area (Å²) in [6, 6.07) is 12.2. The molecule has 3 rings (SSSR count). The van der Waals surface area contributed by atoms with Gasteiger partial charge < -0.3 is 9.47 Å². The van der Waals surface area contributed by atoms with Gasteiger partial charge in [0.25, 0.3) is 0 Å². The predicted molar refractivity (Wildman–Crippen MR) is 89.4 cm³/mol. The van der Waals surface area contributed by atoms with Crippen molar-refractivity contribution in [1.82, 2.24) is 9.97 Å². The minimum absolute atomic E-state index is 0.153. The van der Waals surface area contributed by atoms with Gasteiger partial charge in [-0.1, -0.05) is 6.07 Å². The van der Waals surface area contributed by atoms with Crippen molar-refractivity contribution in [1.29, 1.82) is 0 Å². The maximum atomic E-state index is 13.7. The minimum Gasteiger partial charge on any atom is -0.494 e. The van der Waals surface area contributed by atoms with Crippen LogP contribution in [0.15, 0.2) is 48.5 Å². The van der Waals surface area contributed by atoms with Crippen LogP contribution >= 0.6 is 0 Å². The summed E-state index contributed by atoms with van der Waals surface area (Å²) < 4.78 is 37.3. The van der Waals surface area contributed by atoms with Gasteiger partial charge in [-0.15, -0.1) is 0 Å². The van der Waals surface area contributed by atoms with Gasteiger partial charge in [-0.2, -0.15) is 4.98 Å². The molecule has 0 N–H and O–H groups in total. The van der Waals surface area contributed by atoms with E-state index in [1.807, 2.05) is 6.92 Å². The van der Waals surface area contributed by atoms with Crippen LogP contribution in [0.1, 0.15) is 11.3 Å². The van der Waals surface area contributed by atoms with Crippen LogP contribution in [0.2, 0.25) is 0 Å². The van der Waals surface area contributed by atoms with E-state index in [0.29, 0.717) is 28.5 Å². The van der Waals surface area contributed by atoms with Crippen LogP contribution in [0.4, 0.5) is 8.78 Å². The molecule has 0 bridgehead atoms. The summed E-state index contributed by atoms with van der Waals surface area (Å²) in [7, 11) is 1.41. The van der Waals surface area contributed by atoms with E-state index in [-0.39, 0.29) is 18.2 Å². The molecule has 6 heteroatoms. The average Bonchev–Trinajstić information content (AvgIpc) is 2.60. The molecule has 2 aromatic carbocycles. The van der Waals surface area contributed by atoms with E-state index in [1.54, 1.807) is 30.3 Å². The molecule has 1 aromatic heterocycles. The third-order valence-corrected chi connectivity index (χ3v) is 3.54. The Balaban J connectivity index is 1.79. The second kappa shape index (κ2) is 7.25. The number of aromatic nitrogens is 2. The Morgan fingerprint density at radius 1 is 0.960 bits per heavy atom. The molecule has 0 radical (unpaired) electrons. The first-order valence-corrected chi connectivity index (χ1v) is 7.62. The van der Waals surface area contributed by atoms with Crippen molar-refractivity contribution in [2.24, 2.45) is 0 Å². The molecule has 128 valence electrons. The van der Waals surface area contributed by atoms with Crippen molar-refractivity contribution in [3.05, 3.63) is 71.4 Å². The highest BCUT2D eigenvalue weighted by molar-refractivity contribution is 5.55. The Bertz CT molecular complexity index is 883. The zero-order chi connectivity index (χ0) is 17.8. The highest BCUT2D eigenvalue weighted by Gasteiger charge is 2.08. The zero-order valence-electron chi connectivity index (χ0n) is 13.8. The normalized spacial score (nSPS) is 10.6. The first-order chi connectivity index (χ1) is 12.0. The van der Waals surface area contributed by atoms with Crippen LogP contribution in [-0.2, 0) is 6.61 Å². The molecule has 0 amide bonds. The molecule has 0 aliphatic rings. The van der Waals surface area contributed by atoms with Crippen molar-refractivity contribution < 1.29 is 18.3 Å². The maximum Gasteiger partial charge on any atom is 0.217 e. The summed E-state index contributed by atoms with van der Waals surface area (Å²) >= 11 is 0. The van der Waals surface area contributed by atoms with Crippen molar-refractivity contribution in [2.75, 3.05) is 7.11 Å². The van der Waals surface area contributed by atoms with Crippen molar-refractivity contribution in [3.63, 3.8) is 0 Å². The second-order valence-electron chi connectivity index (χ2n) is 5.44. The standard InChI is InChI=1S/C19H16F2N2O2/c1-12-9-18(23-19(22-12)14-4-6-15(20)7-5-14)25-11-13-3-8-17(24-2)16(21)10-13/h3-10H,11H2,1-2H3. The molecule has 0 atom stereocenters. The number of nitrogens with zero attached hydrogens (tertiary/aromatic N) is 2. The van der Waals surface area contributed by atoms with E-state index >= 15 is 0 Å². The summed E-state index contributed by atoms with van der Waals surface area (Å²) in [5.74, 6) is 0.211. The molecule has 4 nitrogen and oxygen atoms in total. The highest BCUT2D eigenvalue weighted by atomic mass is 19.1. The van der Waals surface area contributed by atoms with Crippen LogP contribution in [0.25, 0.3) is 11.4 Å². The van der Waals surface area contributed by atoms with Crippen molar-refractivity contribution >= 4 is 0 Å². The Kier molecular flexibility index (Phi) is 4.88. The fourth-order valence-corrected chi connectivity index (χ4v) is 2.30.